The molecular weight excluding hydrogens is 409 g/mol. The second kappa shape index (κ2) is 7.52. The van der Waals surface area contributed by atoms with Gasteiger partial charge >= 0.3 is 0 Å². The van der Waals surface area contributed by atoms with Gasteiger partial charge in [-0.15, -0.1) is 0 Å². The molecule has 7 heteroatoms. The van der Waals surface area contributed by atoms with Crippen molar-refractivity contribution in [1.82, 2.24) is 9.55 Å². The Labute approximate surface area is 185 Å². The number of carbonyl (C=O) groups is 1. The highest BCUT2D eigenvalue weighted by atomic mass is 19.1. The zero-order chi connectivity index (χ0) is 22.7. The number of rotatable bonds is 5. The third kappa shape index (κ3) is 2.84. The van der Waals surface area contributed by atoms with E-state index in [1.165, 1.54) is 6.07 Å². The Hall–Kier alpha value is -3.06. The summed E-state index contributed by atoms with van der Waals surface area (Å²) in [7, 11) is 0. The predicted molar refractivity (Wildman–Crippen MR) is 120 cm³/mol. The van der Waals surface area contributed by atoms with E-state index in [0.717, 1.165) is 40.5 Å². The van der Waals surface area contributed by atoms with Crippen LogP contribution in [0.1, 0.15) is 72.0 Å². The maximum atomic E-state index is 14.7. The number of pyridine rings is 2. The number of nitrogens with two attached hydrogens (primary N) is 1. The lowest BCUT2D eigenvalue weighted by molar-refractivity contribution is -0.129. The number of nitrogens with zero attached hydrogens (tertiary/aromatic N) is 2. The van der Waals surface area contributed by atoms with Crippen LogP contribution in [0.4, 0.5) is 4.39 Å². The number of ether oxygens (including phenoxy) is 1. The minimum absolute atomic E-state index is 0.0606. The fourth-order valence-corrected chi connectivity index (χ4v) is 5.32. The lowest BCUT2D eigenvalue weighted by Crippen LogP contribution is -2.26. The SMILES string of the molecule is CCC(C)c1cc2n(c(=O)c1COC=O)Cc1c-2nc2cc(F)c(C)c3c2c1C(N)CC3. The van der Waals surface area contributed by atoms with Crippen LogP contribution in [-0.2, 0) is 29.1 Å². The van der Waals surface area contributed by atoms with Crippen molar-refractivity contribution >= 4 is 17.4 Å². The van der Waals surface area contributed by atoms with E-state index in [4.69, 9.17) is 15.5 Å². The molecule has 0 bridgehead atoms. The van der Waals surface area contributed by atoms with Gasteiger partial charge in [0.15, 0.2) is 0 Å². The molecule has 2 atom stereocenters. The molecule has 32 heavy (non-hydrogen) atoms. The van der Waals surface area contributed by atoms with Crippen LogP contribution in [-0.4, -0.2) is 16.0 Å². The molecule has 1 aromatic carbocycles. The quantitative estimate of drug-likeness (QED) is 0.479. The van der Waals surface area contributed by atoms with Crippen LogP contribution in [0.15, 0.2) is 16.9 Å². The number of hydrogen-bond donors (Lipinski definition) is 1. The maximum Gasteiger partial charge on any atom is 0.293 e. The Morgan fingerprint density at radius 1 is 1.38 bits per heavy atom. The standard InChI is InChI=1S/C25H26FN3O3/c1-4-12(2)15-7-21-24-16(9-29(21)25(31)17(15)10-32-11-30)22-19(27)6-5-14-13(3)18(26)8-20(28-24)23(14)22/h7-8,11-12,19H,4-6,9-10,27H2,1-3H3. The maximum absolute atomic E-state index is 14.7. The topological polar surface area (TPSA) is 87.2 Å². The summed E-state index contributed by atoms with van der Waals surface area (Å²) in [5.74, 6) is -0.158. The van der Waals surface area contributed by atoms with Gasteiger partial charge in [-0.25, -0.2) is 9.37 Å². The van der Waals surface area contributed by atoms with Crippen LogP contribution in [0.5, 0.6) is 0 Å². The van der Waals surface area contributed by atoms with Gasteiger partial charge in [-0.2, -0.15) is 0 Å². The monoisotopic (exact) mass is 435 g/mol. The average Bonchev–Trinajstić information content (AvgIpc) is 3.15. The van der Waals surface area contributed by atoms with E-state index in [-0.39, 0.29) is 29.9 Å². The van der Waals surface area contributed by atoms with Crippen molar-refractivity contribution in [1.29, 1.82) is 0 Å². The number of halogens is 1. The number of aryl methyl sites for hydroxylation is 1. The van der Waals surface area contributed by atoms with Gasteiger partial charge in [-0.3, -0.25) is 9.59 Å². The summed E-state index contributed by atoms with van der Waals surface area (Å²) in [5, 5.41) is 0.939. The first kappa shape index (κ1) is 20.8. The van der Waals surface area contributed by atoms with E-state index >= 15 is 0 Å². The summed E-state index contributed by atoms with van der Waals surface area (Å²) < 4.78 is 21.3. The van der Waals surface area contributed by atoms with Crippen molar-refractivity contribution in [3.8, 4) is 11.4 Å². The summed E-state index contributed by atoms with van der Waals surface area (Å²) in [6.07, 6.45) is 2.27. The minimum Gasteiger partial charge on any atom is -0.463 e. The molecule has 0 fully saturated rings. The van der Waals surface area contributed by atoms with Crippen molar-refractivity contribution in [2.45, 2.75) is 65.1 Å². The van der Waals surface area contributed by atoms with Crippen molar-refractivity contribution in [3.05, 3.63) is 61.7 Å². The fraction of sp³-hybridized carbons (Fsp3) is 0.400. The molecule has 0 amide bonds. The van der Waals surface area contributed by atoms with Crippen LogP contribution in [0.3, 0.4) is 0 Å². The van der Waals surface area contributed by atoms with E-state index in [9.17, 15) is 14.0 Å². The molecule has 0 saturated heterocycles. The van der Waals surface area contributed by atoms with Crippen molar-refractivity contribution in [3.63, 3.8) is 0 Å². The lowest BCUT2D eigenvalue weighted by atomic mass is 9.82. The molecule has 3 heterocycles. The highest BCUT2D eigenvalue weighted by Gasteiger charge is 2.33. The van der Waals surface area contributed by atoms with Gasteiger partial charge in [0.1, 0.15) is 12.4 Å². The first-order valence-electron chi connectivity index (χ1n) is 11.1. The Kier molecular flexibility index (Phi) is 4.89. The minimum atomic E-state index is -0.265. The third-order valence-corrected chi connectivity index (χ3v) is 7.25. The summed E-state index contributed by atoms with van der Waals surface area (Å²) in [4.78, 5) is 29.2. The molecule has 0 radical (unpaired) electrons. The first-order valence-corrected chi connectivity index (χ1v) is 11.1. The molecule has 2 aliphatic rings. The highest BCUT2D eigenvalue weighted by Crippen LogP contribution is 2.44. The van der Waals surface area contributed by atoms with Crippen molar-refractivity contribution < 1.29 is 13.9 Å². The number of hydrogen-bond acceptors (Lipinski definition) is 5. The van der Waals surface area contributed by atoms with Gasteiger partial charge in [-0.05, 0) is 60.4 Å². The number of aromatic nitrogens is 2. The Morgan fingerprint density at radius 2 is 2.16 bits per heavy atom. The molecule has 3 aromatic rings. The van der Waals surface area contributed by atoms with Crippen LogP contribution in [0.25, 0.3) is 22.3 Å². The predicted octanol–water partition coefficient (Wildman–Crippen LogP) is 4.01. The van der Waals surface area contributed by atoms with Gasteiger partial charge in [0.05, 0.1) is 29.0 Å². The van der Waals surface area contributed by atoms with E-state index in [2.05, 4.69) is 6.92 Å². The zero-order valence-electron chi connectivity index (χ0n) is 18.5. The van der Waals surface area contributed by atoms with Gasteiger partial charge in [-0.1, -0.05) is 13.8 Å². The summed E-state index contributed by atoms with van der Waals surface area (Å²) in [5.41, 5.74) is 13.3. The molecular formula is C25H26FN3O3. The van der Waals surface area contributed by atoms with E-state index in [0.29, 0.717) is 47.5 Å². The van der Waals surface area contributed by atoms with Crippen LogP contribution < -0.4 is 11.3 Å². The van der Waals surface area contributed by atoms with Crippen LogP contribution >= 0.6 is 0 Å². The fourth-order valence-electron chi connectivity index (χ4n) is 5.32. The summed E-state index contributed by atoms with van der Waals surface area (Å²) >= 11 is 0. The smallest absolute Gasteiger partial charge is 0.293 e. The van der Waals surface area contributed by atoms with Gasteiger partial charge < -0.3 is 15.0 Å². The molecule has 2 aromatic heterocycles. The second-order valence-corrected chi connectivity index (χ2v) is 8.93. The zero-order valence-corrected chi connectivity index (χ0v) is 18.5. The van der Waals surface area contributed by atoms with Crippen LogP contribution in [0.2, 0.25) is 0 Å². The van der Waals surface area contributed by atoms with Gasteiger partial charge in [0.2, 0.25) is 0 Å². The van der Waals surface area contributed by atoms with E-state index < -0.39 is 0 Å². The molecule has 0 saturated carbocycles. The first-order chi connectivity index (χ1) is 15.4. The van der Waals surface area contributed by atoms with E-state index in [1.807, 2.05) is 13.0 Å². The van der Waals surface area contributed by atoms with Gasteiger partial charge in [0, 0.05) is 23.1 Å². The molecule has 2 unspecified atom stereocenters. The third-order valence-electron chi connectivity index (χ3n) is 7.25. The Morgan fingerprint density at radius 3 is 2.88 bits per heavy atom. The van der Waals surface area contributed by atoms with Crippen molar-refractivity contribution in [2.24, 2.45) is 5.73 Å². The molecule has 1 aliphatic heterocycles. The molecule has 166 valence electrons. The second-order valence-electron chi connectivity index (χ2n) is 8.93. The summed E-state index contributed by atoms with van der Waals surface area (Å²) in [6.45, 7) is 6.56. The summed E-state index contributed by atoms with van der Waals surface area (Å²) in [6, 6.07) is 3.28. The average molecular weight is 435 g/mol. The Bertz CT molecular complexity index is 1350. The Balaban J connectivity index is 1.82. The molecule has 0 spiro atoms. The molecule has 2 N–H and O–H groups in total. The van der Waals surface area contributed by atoms with Gasteiger partial charge in [0.25, 0.3) is 12.0 Å². The van der Waals surface area contributed by atoms with E-state index in [1.54, 1.807) is 11.5 Å². The van der Waals surface area contributed by atoms with Crippen molar-refractivity contribution in [2.75, 3.05) is 0 Å². The van der Waals surface area contributed by atoms with Crippen LogP contribution in [0, 0.1) is 12.7 Å². The normalized spacial score (nSPS) is 17.2. The number of fused-ring (bicyclic) bond motifs is 4. The number of benzene rings is 1. The lowest BCUT2D eigenvalue weighted by Gasteiger charge is -2.26. The highest BCUT2D eigenvalue weighted by molar-refractivity contribution is 5.92. The molecule has 5 rings (SSSR count). The largest absolute Gasteiger partial charge is 0.463 e. The molecule has 6 nitrogen and oxygen atoms in total. The molecule has 1 aliphatic carbocycles. The number of carbonyl (C=O) groups excluding carboxylic acids is 1.